The Morgan fingerprint density at radius 2 is 2.15 bits per heavy atom. The minimum absolute atomic E-state index is 0.0736. The zero-order valence-corrected chi connectivity index (χ0v) is 12.4. The van der Waals surface area contributed by atoms with E-state index in [4.69, 9.17) is 22.1 Å². The summed E-state index contributed by atoms with van der Waals surface area (Å²) in [6, 6.07) is 7.17. The van der Waals surface area contributed by atoms with Gasteiger partial charge < -0.3 is 15.8 Å². The first-order valence-electron chi connectivity index (χ1n) is 6.85. The maximum absolute atomic E-state index is 12.7. The third kappa shape index (κ3) is 1.65. The molecule has 0 radical (unpaired) electrons. The number of carbonyl (C=O) groups is 1. The fourth-order valence-corrected chi connectivity index (χ4v) is 3.82. The number of rotatable bonds is 2. The van der Waals surface area contributed by atoms with Gasteiger partial charge in [0.25, 0.3) is 0 Å². The molecule has 1 heterocycles. The van der Waals surface area contributed by atoms with Crippen molar-refractivity contribution in [2.75, 3.05) is 11.9 Å². The third-order valence-electron chi connectivity index (χ3n) is 4.95. The van der Waals surface area contributed by atoms with Crippen LogP contribution in [0.2, 0.25) is 5.02 Å². The molecule has 1 aliphatic heterocycles. The van der Waals surface area contributed by atoms with Crippen LogP contribution in [0.1, 0.15) is 20.3 Å². The van der Waals surface area contributed by atoms with Crippen LogP contribution in [0.4, 0.5) is 5.69 Å². The van der Waals surface area contributed by atoms with Crippen molar-refractivity contribution in [2.45, 2.75) is 31.9 Å². The van der Waals surface area contributed by atoms with E-state index >= 15 is 0 Å². The van der Waals surface area contributed by atoms with E-state index in [2.05, 4.69) is 5.32 Å². The normalized spacial score (nSPS) is 34.2. The summed E-state index contributed by atoms with van der Waals surface area (Å²) in [5.41, 5.74) is 5.79. The molecule has 1 aromatic carbocycles. The van der Waals surface area contributed by atoms with Crippen molar-refractivity contribution in [2.24, 2.45) is 17.1 Å². The maximum atomic E-state index is 12.7. The number of halogens is 1. The highest BCUT2D eigenvalue weighted by Crippen LogP contribution is 2.58. The lowest BCUT2D eigenvalue weighted by Crippen LogP contribution is -2.79. The van der Waals surface area contributed by atoms with Crippen LogP contribution >= 0.6 is 11.6 Å². The van der Waals surface area contributed by atoms with Gasteiger partial charge in [-0.3, -0.25) is 4.79 Å². The van der Waals surface area contributed by atoms with E-state index in [0.717, 1.165) is 6.42 Å². The monoisotopic (exact) mass is 294 g/mol. The number of amides is 1. The van der Waals surface area contributed by atoms with Crippen LogP contribution in [-0.2, 0) is 9.53 Å². The summed E-state index contributed by atoms with van der Waals surface area (Å²) >= 11 is 6.08. The van der Waals surface area contributed by atoms with Gasteiger partial charge in [0.05, 0.1) is 16.8 Å². The van der Waals surface area contributed by atoms with Gasteiger partial charge in [0.2, 0.25) is 5.91 Å². The Kier molecular flexibility index (Phi) is 3.08. The molecular formula is C15H19ClN2O2. The second kappa shape index (κ2) is 4.45. The quantitative estimate of drug-likeness (QED) is 0.880. The topological polar surface area (TPSA) is 64.3 Å². The molecule has 1 amide bonds. The molecule has 1 saturated heterocycles. The SMILES string of the molecule is CC1(C)C2OCCC2C1(N)C(=O)Nc1ccccc1Cl. The second-order valence-electron chi connectivity index (χ2n) is 6.21. The van der Waals surface area contributed by atoms with Crippen LogP contribution in [0.15, 0.2) is 24.3 Å². The first-order chi connectivity index (χ1) is 9.39. The van der Waals surface area contributed by atoms with Gasteiger partial charge in [-0.15, -0.1) is 0 Å². The molecule has 0 spiro atoms. The minimum Gasteiger partial charge on any atom is -0.377 e. The number of anilines is 1. The van der Waals surface area contributed by atoms with E-state index in [1.54, 1.807) is 12.1 Å². The van der Waals surface area contributed by atoms with Gasteiger partial charge >= 0.3 is 0 Å². The largest absolute Gasteiger partial charge is 0.377 e. The molecule has 3 N–H and O–H groups in total. The van der Waals surface area contributed by atoms with E-state index in [1.165, 1.54) is 0 Å². The lowest BCUT2D eigenvalue weighted by atomic mass is 9.48. The van der Waals surface area contributed by atoms with Gasteiger partial charge in [0.15, 0.2) is 0 Å². The highest BCUT2D eigenvalue weighted by atomic mass is 35.5. The second-order valence-corrected chi connectivity index (χ2v) is 6.62. The van der Waals surface area contributed by atoms with Crippen LogP contribution in [0.3, 0.4) is 0 Å². The molecule has 4 nitrogen and oxygen atoms in total. The molecule has 3 rings (SSSR count). The highest BCUT2D eigenvalue weighted by Gasteiger charge is 2.71. The number of hydrogen-bond acceptors (Lipinski definition) is 3. The van der Waals surface area contributed by atoms with Crippen LogP contribution in [0.25, 0.3) is 0 Å². The number of fused-ring (bicyclic) bond motifs is 1. The summed E-state index contributed by atoms with van der Waals surface area (Å²) in [5.74, 6) is -0.0951. The lowest BCUT2D eigenvalue weighted by Gasteiger charge is -2.60. The van der Waals surface area contributed by atoms with Gasteiger partial charge in [-0.25, -0.2) is 0 Å². The van der Waals surface area contributed by atoms with Crippen molar-refractivity contribution in [3.05, 3.63) is 29.3 Å². The number of para-hydroxylation sites is 1. The average Bonchev–Trinajstić information content (AvgIpc) is 2.88. The number of benzene rings is 1. The van der Waals surface area contributed by atoms with Crippen molar-refractivity contribution >= 4 is 23.2 Å². The van der Waals surface area contributed by atoms with Gasteiger partial charge in [0, 0.05) is 17.9 Å². The van der Waals surface area contributed by atoms with Crippen molar-refractivity contribution in [1.82, 2.24) is 0 Å². The number of ether oxygens (including phenoxy) is 1. The fraction of sp³-hybridized carbons (Fsp3) is 0.533. The van der Waals surface area contributed by atoms with Crippen molar-refractivity contribution < 1.29 is 9.53 Å². The number of hydrogen-bond donors (Lipinski definition) is 2. The molecule has 3 atom stereocenters. The van der Waals surface area contributed by atoms with Crippen molar-refractivity contribution in [1.29, 1.82) is 0 Å². The first-order valence-corrected chi connectivity index (χ1v) is 7.23. The van der Waals surface area contributed by atoms with Crippen LogP contribution in [0, 0.1) is 11.3 Å². The maximum Gasteiger partial charge on any atom is 0.245 e. The lowest BCUT2D eigenvalue weighted by molar-refractivity contribution is -0.170. The molecule has 5 heteroatoms. The van der Waals surface area contributed by atoms with Crippen molar-refractivity contribution in [3.63, 3.8) is 0 Å². The summed E-state index contributed by atoms with van der Waals surface area (Å²) in [6.07, 6.45) is 0.907. The van der Waals surface area contributed by atoms with Gasteiger partial charge in [-0.1, -0.05) is 37.6 Å². The third-order valence-corrected chi connectivity index (χ3v) is 5.28. The van der Waals surface area contributed by atoms with Gasteiger partial charge in [-0.05, 0) is 18.6 Å². The molecule has 20 heavy (non-hydrogen) atoms. The molecule has 0 bridgehead atoms. The summed E-state index contributed by atoms with van der Waals surface area (Å²) in [4.78, 5) is 12.7. The van der Waals surface area contributed by atoms with Crippen LogP contribution < -0.4 is 11.1 Å². The molecule has 108 valence electrons. The Morgan fingerprint density at radius 1 is 1.45 bits per heavy atom. The van der Waals surface area contributed by atoms with Gasteiger partial charge in [-0.2, -0.15) is 0 Å². The van der Waals surface area contributed by atoms with Gasteiger partial charge in [0.1, 0.15) is 5.54 Å². The molecule has 1 aromatic rings. The number of nitrogens with two attached hydrogens (primary N) is 1. The minimum atomic E-state index is -0.909. The first kappa shape index (κ1) is 13.9. The zero-order chi connectivity index (χ0) is 14.5. The molecular weight excluding hydrogens is 276 g/mol. The van der Waals surface area contributed by atoms with E-state index in [1.807, 2.05) is 26.0 Å². The number of nitrogens with one attached hydrogen (secondary N) is 1. The molecule has 0 aromatic heterocycles. The Labute approximate surface area is 123 Å². The van der Waals surface area contributed by atoms with E-state index in [9.17, 15) is 4.79 Å². The highest BCUT2D eigenvalue weighted by molar-refractivity contribution is 6.33. The average molecular weight is 295 g/mol. The van der Waals surface area contributed by atoms with E-state index in [0.29, 0.717) is 17.3 Å². The standard InChI is InChI=1S/C15H19ClN2O2/c1-14(2)12-9(7-8-20-12)15(14,17)13(19)18-11-6-4-3-5-10(11)16/h3-6,9,12H,7-8,17H2,1-2H3,(H,18,19). The Morgan fingerprint density at radius 3 is 2.85 bits per heavy atom. The van der Waals surface area contributed by atoms with E-state index in [-0.39, 0.29) is 23.3 Å². The Hall–Kier alpha value is -1.10. The van der Waals surface area contributed by atoms with E-state index < -0.39 is 5.54 Å². The molecule has 2 aliphatic rings. The molecule has 1 aliphatic carbocycles. The molecule has 2 fully saturated rings. The fourth-order valence-electron chi connectivity index (χ4n) is 3.63. The molecule has 3 unspecified atom stereocenters. The predicted molar refractivity (Wildman–Crippen MR) is 78.6 cm³/mol. The summed E-state index contributed by atoms with van der Waals surface area (Å²) in [5, 5.41) is 3.38. The van der Waals surface area contributed by atoms with Crippen molar-refractivity contribution in [3.8, 4) is 0 Å². The van der Waals surface area contributed by atoms with Crippen LogP contribution in [-0.4, -0.2) is 24.2 Å². The summed E-state index contributed by atoms with van der Waals surface area (Å²) < 4.78 is 5.70. The zero-order valence-electron chi connectivity index (χ0n) is 11.7. The summed E-state index contributed by atoms with van der Waals surface area (Å²) in [7, 11) is 0. The predicted octanol–water partition coefficient (Wildman–Crippen LogP) is 2.42. The Balaban J connectivity index is 1.85. The summed E-state index contributed by atoms with van der Waals surface area (Å²) in [6.45, 7) is 4.66. The number of carbonyl (C=O) groups excluding carboxylic acids is 1. The Bertz CT molecular complexity index is 561. The smallest absolute Gasteiger partial charge is 0.245 e. The van der Waals surface area contributed by atoms with Crippen LogP contribution in [0.5, 0.6) is 0 Å². The molecule has 1 saturated carbocycles.